The van der Waals surface area contributed by atoms with Crippen LogP contribution in [0.1, 0.15) is 30.1 Å². The fourth-order valence-electron chi connectivity index (χ4n) is 2.98. The minimum Gasteiger partial charge on any atom is -0.504 e. The zero-order chi connectivity index (χ0) is 17.9. The predicted octanol–water partition coefficient (Wildman–Crippen LogP) is 2.49. The van der Waals surface area contributed by atoms with E-state index in [1.54, 1.807) is 6.92 Å². The topological polar surface area (TPSA) is 72.8 Å². The maximum Gasteiger partial charge on any atom is 0.401 e. The first-order valence-electron chi connectivity index (χ1n) is 7.78. The van der Waals surface area contributed by atoms with Crippen LogP contribution in [-0.2, 0) is 0 Å². The molecule has 0 spiro atoms. The van der Waals surface area contributed by atoms with Crippen LogP contribution < -0.4 is 5.32 Å². The van der Waals surface area contributed by atoms with Crippen molar-refractivity contribution in [2.75, 3.05) is 19.6 Å². The van der Waals surface area contributed by atoms with Crippen molar-refractivity contribution in [3.05, 3.63) is 23.8 Å². The van der Waals surface area contributed by atoms with Crippen LogP contribution in [0, 0.1) is 5.92 Å². The standard InChI is InChI=1S/C16H21F3N2O3/c1-10(11-5-7-21(8-6-11)9-16(17,18)19)20-15(24)12-3-2-4-13(22)14(12)23/h2-4,10-11,22-23H,5-9H2,1H3,(H,20,24)/t10-/m1/s1. The van der Waals surface area contributed by atoms with Gasteiger partial charge < -0.3 is 15.5 Å². The second-order valence-electron chi connectivity index (χ2n) is 6.16. The molecule has 3 N–H and O–H groups in total. The number of halogens is 3. The molecule has 8 heteroatoms. The maximum atomic E-state index is 12.4. The Hall–Kier alpha value is -1.96. The number of alkyl halides is 3. The van der Waals surface area contributed by atoms with Gasteiger partial charge in [0.15, 0.2) is 11.5 Å². The summed E-state index contributed by atoms with van der Waals surface area (Å²) >= 11 is 0. The second kappa shape index (κ2) is 7.29. The number of amides is 1. The third-order valence-electron chi connectivity index (χ3n) is 4.36. The Balaban J connectivity index is 1.88. The summed E-state index contributed by atoms with van der Waals surface area (Å²) in [7, 11) is 0. The molecule has 1 aromatic carbocycles. The van der Waals surface area contributed by atoms with Crippen molar-refractivity contribution < 1.29 is 28.2 Å². The smallest absolute Gasteiger partial charge is 0.401 e. The van der Waals surface area contributed by atoms with Gasteiger partial charge in [-0.15, -0.1) is 0 Å². The van der Waals surface area contributed by atoms with E-state index in [4.69, 9.17) is 0 Å². The number of rotatable bonds is 4. The van der Waals surface area contributed by atoms with Gasteiger partial charge in [-0.05, 0) is 50.9 Å². The summed E-state index contributed by atoms with van der Waals surface area (Å²) in [5.74, 6) is -1.32. The van der Waals surface area contributed by atoms with Crippen LogP contribution >= 0.6 is 0 Å². The number of phenols is 2. The van der Waals surface area contributed by atoms with Gasteiger partial charge in [-0.1, -0.05) is 6.07 Å². The van der Waals surface area contributed by atoms with Crippen LogP contribution in [0.4, 0.5) is 13.2 Å². The molecule has 0 bridgehead atoms. The summed E-state index contributed by atoms with van der Waals surface area (Å²) in [6.45, 7) is 1.56. The lowest BCUT2D eigenvalue weighted by molar-refractivity contribution is -0.148. The van der Waals surface area contributed by atoms with Gasteiger partial charge in [0, 0.05) is 6.04 Å². The van der Waals surface area contributed by atoms with E-state index < -0.39 is 24.4 Å². The number of carbonyl (C=O) groups is 1. The Kier molecular flexibility index (Phi) is 5.58. The van der Waals surface area contributed by atoms with Crippen molar-refractivity contribution in [1.29, 1.82) is 0 Å². The molecule has 24 heavy (non-hydrogen) atoms. The van der Waals surface area contributed by atoms with Crippen molar-refractivity contribution in [3.63, 3.8) is 0 Å². The number of likely N-dealkylation sites (tertiary alicyclic amines) is 1. The molecule has 1 fully saturated rings. The lowest BCUT2D eigenvalue weighted by Crippen LogP contribution is -2.46. The van der Waals surface area contributed by atoms with Crippen LogP contribution in [0.15, 0.2) is 18.2 Å². The fourth-order valence-corrected chi connectivity index (χ4v) is 2.98. The normalized spacial score (nSPS) is 18.3. The molecule has 1 aliphatic rings. The SMILES string of the molecule is C[C@@H](NC(=O)c1cccc(O)c1O)C1CCN(CC(F)(F)F)CC1. The molecule has 5 nitrogen and oxygen atoms in total. The van der Waals surface area contributed by atoms with Gasteiger partial charge in [-0.25, -0.2) is 0 Å². The molecular weight excluding hydrogens is 325 g/mol. The highest BCUT2D eigenvalue weighted by atomic mass is 19.4. The first kappa shape index (κ1) is 18.4. The van der Waals surface area contributed by atoms with Gasteiger partial charge >= 0.3 is 6.18 Å². The van der Waals surface area contributed by atoms with Crippen LogP contribution in [0.3, 0.4) is 0 Å². The zero-order valence-corrected chi connectivity index (χ0v) is 13.3. The Morgan fingerprint density at radius 3 is 2.54 bits per heavy atom. The molecule has 0 saturated carbocycles. The van der Waals surface area contributed by atoms with Crippen LogP contribution in [0.5, 0.6) is 11.5 Å². The van der Waals surface area contributed by atoms with Gasteiger partial charge in [-0.2, -0.15) is 13.2 Å². The van der Waals surface area contributed by atoms with E-state index in [-0.39, 0.29) is 23.3 Å². The molecule has 2 rings (SSSR count). The minimum atomic E-state index is -4.19. The number of benzene rings is 1. The Morgan fingerprint density at radius 2 is 1.96 bits per heavy atom. The van der Waals surface area contributed by atoms with Gasteiger partial charge in [0.1, 0.15) is 0 Å². The van der Waals surface area contributed by atoms with E-state index in [9.17, 15) is 28.2 Å². The number of nitrogens with zero attached hydrogens (tertiary/aromatic N) is 1. The lowest BCUT2D eigenvalue weighted by atomic mass is 9.90. The summed E-state index contributed by atoms with van der Waals surface area (Å²) in [5.41, 5.74) is -0.0312. The zero-order valence-electron chi connectivity index (χ0n) is 13.3. The number of nitrogens with one attached hydrogen (secondary N) is 1. The molecule has 134 valence electrons. The molecule has 1 aromatic rings. The number of hydrogen-bond acceptors (Lipinski definition) is 4. The summed E-state index contributed by atoms with van der Waals surface area (Å²) in [5, 5.41) is 21.9. The highest BCUT2D eigenvalue weighted by Crippen LogP contribution is 2.29. The highest BCUT2D eigenvalue weighted by Gasteiger charge is 2.33. The second-order valence-corrected chi connectivity index (χ2v) is 6.16. The van der Waals surface area contributed by atoms with Crippen LogP contribution in [0.25, 0.3) is 0 Å². The molecular formula is C16H21F3N2O3. The minimum absolute atomic E-state index is 0.0312. The van der Waals surface area contributed by atoms with E-state index >= 15 is 0 Å². The number of hydrogen-bond donors (Lipinski definition) is 3. The Bertz CT molecular complexity index is 584. The highest BCUT2D eigenvalue weighted by molar-refractivity contribution is 5.97. The number of aromatic hydroxyl groups is 2. The van der Waals surface area contributed by atoms with Gasteiger partial charge in [0.05, 0.1) is 12.1 Å². The van der Waals surface area contributed by atoms with E-state index in [2.05, 4.69) is 5.32 Å². The van der Waals surface area contributed by atoms with Gasteiger partial charge in [0.2, 0.25) is 0 Å². The van der Waals surface area contributed by atoms with Crippen molar-refractivity contribution in [2.45, 2.75) is 32.0 Å². The molecule has 0 aromatic heterocycles. The molecule has 1 saturated heterocycles. The number of piperidine rings is 1. The van der Waals surface area contributed by atoms with Crippen molar-refractivity contribution in [3.8, 4) is 11.5 Å². The average molecular weight is 346 g/mol. The number of carbonyl (C=O) groups excluding carboxylic acids is 1. The Morgan fingerprint density at radius 1 is 1.33 bits per heavy atom. The molecule has 1 atom stereocenters. The fraction of sp³-hybridized carbons (Fsp3) is 0.562. The summed E-state index contributed by atoms with van der Waals surface area (Å²) < 4.78 is 37.1. The number of para-hydroxylation sites is 1. The predicted molar refractivity (Wildman–Crippen MR) is 81.9 cm³/mol. The average Bonchev–Trinajstić information content (AvgIpc) is 2.49. The first-order valence-corrected chi connectivity index (χ1v) is 7.78. The molecule has 0 aliphatic carbocycles. The number of phenolic OH excluding ortho intramolecular Hbond substituents is 2. The van der Waals surface area contributed by atoms with Gasteiger partial charge in [-0.3, -0.25) is 9.69 Å². The molecule has 0 radical (unpaired) electrons. The van der Waals surface area contributed by atoms with Crippen LogP contribution in [0.2, 0.25) is 0 Å². The summed E-state index contributed by atoms with van der Waals surface area (Å²) in [6.07, 6.45) is -3.08. The quantitative estimate of drug-likeness (QED) is 0.733. The largest absolute Gasteiger partial charge is 0.504 e. The van der Waals surface area contributed by atoms with E-state index in [0.29, 0.717) is 25.9 Å². The van der Waals surface area contributed by atoms with Crippen molar-refractivity contribution in [2.24, 2.45) is 5.92 Å². The third-order valence-corrected chi connectivity index (χ3v) is 4.36. The molecule has 1 amide bonds. The van der Waals surface area contributed by atoms with Crippen molar-refractivity contribution in [1.82, 2.24) is 10.2 Å². The van der Waals surface area contributed by atoms with E-state index in [1.165, 1.54) is 23.1 Å². The Labute approximate surface area is 138 Å². The third kappa shape index (κ3) is 4.77. The van der Waals surface area contributed by atoms with Crippen LogP contribution in [-0.4, -0.2) is 52.9 Å². The van der Waals surface area contributed by atoms with E-state index in [0.717, 1.165) is 0 Å². The molecule has 1 heterocycles. The lowest BCUT2D eigenvalue weighted by Gasteiger charge is -2.35. The maximum absolute atomic E-state index is 12.4. The van der Waals surface area contributed by atoms with Crippen molar-refractivity contribution >= 4 is 5.91 Å². The monoisotopic (exact) mass is 346 g/mol. The molecule has 1 aliphatic heterocycles. The summed E-state index contributed by atoms with van der Waals surface area (Å²) in [6, 6.07) is 3.87. The first-order chi connectivity index (χ1) is 11.2. The van der Waals surface area contributed by atoms with E-state index in [1.807, 2.05) is 0 Å². The summed E-state index contributed by atoms with van der Waals surface area (Å²) in [4.78, 5) is 13.5. The van der Waals surface area contributed by atoms with Gasteiger partial charge in [0.25, 0.3) is 5.91 Å². The molecule has 0 unspecified atom stereocenters.